The van der Waals surface area contributed by atoms with E-state index >= 15 is 0 Å². The number of nitrogens with one attached hydrogen (secondary N) is 1. The van der Waals surface area contributed by atoms with Gasteiger partial charge in [-0.2, -0.15) is 0 Å². The van der Waals surface area contributed by atoms with Crippen molar-refractivity contribution in [1.82, 2.24) is 9.55 Å². The molecule has 152 valence electrons. The van der Waals surface area contributed by atoms with Gasteiger partial charge in [0.15, 0.2) is 5.43 Å². The maximum Gasteiger partial charge on any atom is 0.326 e. The van der Waals surface area contributed by atoms with E-state index in [9.17, 15) is 9.59 Å². The van der Waals surface area contributed by atoms with E-state index in [4.69, 9.17) is 21.1 Å². The van der Waals surface area contributed by atoms with Crippen LogP contribution < -0.4 is 10.7 Å². The SMILES string of the molecule is CCOC(=O)Cn1c2nc(NC3COC3)ccc2c(=O)c2ccc(Cl)c(SC)c21. The van der Waals surface area contributed by atoms with E-state index in [2.05, 4.69) is 10.3 Å². The Morgan fingerprint density at radius 1 is 1.34 bits per heavy atom. The number of esters is 1. The number of thioether (sulfide) groups is 1. The van der Waals surface area contributed by atoms with Crippen molar-refractivity contribution in [2.45, 2.75) is 24.4 Å². The topological polar surface area (TPSA) is 82.5 Å². The molecule has 0 spiro atoms. The van der Waals surface area contributed by atoms with Gasteiger partial charge in [0.1, 0.15) is 18.0 Å². The zero-order valence-electron chi connectivity index (χ0n) is 16.0. The minimum Gasteiger partial charge on any atom is -0.465 e. The van der Waals surface area contributed by atoms with Crippen molar-refractivity contribution in [2.24, 2.45) is 0 Å². The molecule has 0 unspecified atom stereocenters. The van der Waals surface area contributed by atoms with Crippen LogP contribution in [-0.4, -0.2) is 47.6 Å². The fourth-order valence-electron chi connectivity index (χ4n) is 3.37. The highest BCUT2D eigenvalue weighted by Gasteiger charge is 2.21. The van der Waals surface area contributed by atoms with Crippen molar-refractivity contribution >= 4 is 57.1 Å². The Morgan fingerprint density at radius 3 is 2.76 bits per heavy atom. The molecule has 0 bridgehead atoms. The summed E-state index contributed by atoms with van der Waals surface area (Å²) in [5.41, 5.74) is 0.860. The van der Waals surface area contributed by atoms with Gasteiger partial charge in [-0.15, -0.1) is 11.8 Å². The highest BCUT2D eigenvalue weighted by Crippen LogP contribution is 2.34. The molecule has 9 heteroatoms. The van der Waals surface area contributed by atoms with Gasteiger partial charge in [-0.1, -0.05) is 11.6 Å². The van der Waals surface area contributed by atoms with E-state index in [1.165, 1.54) is 11.8 Å². The minimum atomic E-state index is -0.404. The number of anilines is 1. The van der Waals surface area contributed by atoms with Crippen LogP contribution >= 0.6 is 23.4 Å². The van der Waals surface area contributed by atoms with Crippen molar-refractivity contribution in [3.05, 3.63) is 39.5 Å². The molecule has 7 nitrogen and oxygen atoms in total. The van der Waals surface area contributed by atoms with Crippen molar-refractivity contribution in [2.75, 3.05) is 31.4 Å². The Balaban J connectivity index is 2.01. The average Bonchev–Trinajstić information content (AvgIpc) is 2.68. The molecule has 1 fully saturated rings. The predicted octanol–water partition coefficient (Wildman–Crippen LogP) is 3.30. The van der Waals surface area contributed by atoms with Gasteiger partial charge in [0.05, 0.1) is 46.7 Å². The van der Waals surface area contributed by atoms with E-state index in [0.29, 0.717) is 46.0 Å². The van der Waals surface area contributed by atoms with Crippen LogP contribution in [0.25, 0.3) is 21.9 Å². The molecule has 1 aliphatic rings. The van der Waals surface area contributed by atoms with Gasteiger partial charge in [-0.3, -0.25) is 9.59 Å². The van der Waals surface area contributed by atoms with Gasteiger partial charge in [0.25, 0.3) is 0 Å². The first-order valence-electron chi connectivity index (χ1n) is 9.23. The van der Waals surface area contributed by atoms with E-state index < -0.39 is 5.97 Å². The first-order valence-corrected chi connectivity index (χ1v) is 10.8. The first-order chi connectivity index (χ1) is 14.0. The minimum absolute atomic E-state index is 0.0714. The van der Waals surface area contributed by atoms with Gasteiger partial charge in [0.2, 0.25) is 0 Å². The molecule has 3 heterocycles. The average molecular weight is 434 g/mol. The lowest BCUT2D eigenvalue weighted by Gasteiger charge is -2.27. The van der Waals surface area contributed by atoms with E-state index in [1.54, 1.807) is 35.8 Å². The number of pyridine rings is 2. The molecule has 0 aliphatic carbocycles. The summed E-state index contributed by atoms with van der Waals surface area (Å²) >= 11 is 7.82. The highest BCUT2D eigenvalue weighted by molar-refractivity contribution is 7.99. The molecule has 0 radical (unpaired) electrons. The number of carbonyl (C=O) groups excluding carboxylic acids is 1. The maximum absolute atomic E-state index is 13.2. The molecule has 0 atom stereocenters. The van der Waals surface area contributed by atoms with Crippen molar-refractivity contribution < 1.29 is 14.3 Å². The summed E-state index contributed by atoms with van der Waals surface area (Å²) in [5, 5.41) is 4.73. The number of carbonyl (C=O) groups is 1. The Hall–Kier alpha value is -2.29. The second kappa shape index (κ2) is 8.22. The molecule has 4 rings (SSSR count). The Bertz CT molecular complexity index is 1160. The van der Waals surface area contributed by atoms with Crippen LogP contribution in [0, 0.1) is 0 Å². The molecule has 0 saturated carbocycles. The van der Waals surface area contributed by atoms with E-state index in [-0.39, 0.29) is 24.6 Å². The van der Waals surface area contributed by atoms with Crippen molar-refractivity contribution in [3.8, 4) is 0 Å². The van der Waals surface area contributed by atoms with Crippen LogP contribution in [0.5, 0.6) is 0 Å². The first kappa shape index (κ1) is 20.0. The third-order valence-corrected chi connectivity index (χ3v) is 6.01. The van der Waals surface area contributed by atoms with Gasteiger partial charge >= 0.3 is 5.97 Å². The Labute approximate surface area is 176 Å². The number of halogens is 1. The fraction of sp³-hybridized carbons (Fsp3) is 0.350. The normalized spacial score (nSPS) is 14.2. The maximum atomic E-state index is 13.2. The lowest BCUT2D eigenvalue weighted by atomic mass is 10.1. The second-order valence-electron chi connectivity index (χ2n) is 6.64. The fourth-order valence-corrected chi connectivity index (χ4v) is 4.43. The highest BCUT2D eigenvalue weighted by atomic mass is 35.5. The summed E-state index contributed by atoms with van der Waals surface area (Å²) < 4.78 is 12.1. The lowest BCUT2D eigenvalue weighted by molar-refractivity contribution is -0.143. The number of aromatic nitrogens is 2. The van der Waals surface area contributed by atoms with Gasteiger partial charge in [-0.25, -0.2) is 4.98 Å². The number of hydrogen-bond acceptors (Lipinski definition) is 7. The van der Waals surface area contributed by atoms with Crippen molar-refractivity contribution in [3.63, 3.8) is 0 Å². The van der Waals surface area contributed by atoms with Crippen LogP contribution in [0.2, 0.25) is 5.02 Å². The summed E-state index contributed by atoms with van der Waals surface area (Å²) in [6.07, 6.45) is 1.88. The number of ether oxygens (including phenoxy) is 2. The quantitative estimate of drug-likeness (QED) is 0.363. The molecule has 3 aromatic rings. The third-order valence-electron chi connectivity index (χ3n) is 4.76. The van der Waals surface area contributed by atoms with E-state index in [1.807, 2.05) is 6.26 Å². The van der Waals surface area contributed by atoms with Crippen LogP contribution in [0.1, 0.15) is 6.92 Å². The molecule has 1 saturated heterocycles. The van der Waals surface area contributed by atoms with Crippen LogP contribution in [-0.2, 0) is 20.8 Å². The van der Waals surface area contributed by atoms with Gasteiger partial charge in [0, 0.05) is 5.39 Å². The molecule has 1 aromatic carbocycles. The van der Waals surface area contributed by atoms with Crippen LogP contribution in [0.3, 0.4) is 0 Å². The number of rotatable bonds is 6. The predicted molar refractivity (Wildman–Crippen MR) is 115 cm³/mol. The molecular formula is C20H20ClN3O4S. The monoisotopic (exact) mass is 433 g/mol. The van der Waals surface area contributed by atoms with E-state index in [0.717, 1.165) is 4.90 Å². The zero-order valence-corrected chi connectivity index (χ0v) is 17.6. The van der Waals surface area contributed by atoms with Crippen LogP contribution in [0.4, 0.5) is 5.82 Å². The zero-order chi connectivity index (χ0) is 20.5. The molecule has 0 amide bonds. The van der Waals surface area contributed by atoms with Gasteiger partial charge < -0.3 is 19.4 Å². The molecule has 29 heavy (non-hydrogen) atoms. The molecule has 1 N–H and O–H groups in total. The summed E-state index contributed by atoms with van der Waals surface area (Å²) in [7, 11) is 0. The largest absolute Gasteiger partial charge is 0.465 e. The molecule has 1 aliphatic heterocycles. The van der Waals surface area contributed by atoms with Crippen molar-refractivity contribution in [1.29, 1.82) is 0 Å². The van der Waals surface area contributed by atoms with Gasteiger partial charge in [-0.05, 0) is 37.4 Å². The Morgan fingerprint density at radius 2 is 2.10 bits per heavy atom. The number of benzene rings is 1. The standard InChI is InChI=1S/C20H20ClN3O4S/c1-3-28-16(25)8-24-17-12(4-6-14(21)19(17)29-2)18(26)13-5-7-15(23-20(13)24)22-11-9-27-10-11/h4-7,11H,3,8-10H2,1-2H3,(H,22,23). The third kappa shape index (κ3) is 3.68. The summed E-state index contributed by atoms with van der Waals surface area (Å²) in [6, 6.07) is 7.09. The van der Waals surface area contributed by atoms with Crippen LogP contribution in [0.15, 0.2) is 34.0 Å². The lowest BCUT2D eigenvalue weighted by Crippen LogP contribution is -2.40. The number of hydrogen-bond donors (Lipinski definition) is 1. The smallest absolute Gasteiger partial charge is 0.326 e. The molecule has 2 aromatic heterocycles. The molecular weight excluding hydrogens is 414 g/mol. The second-order valence-corrected chi connectivity index (χ2v) is 7.87. The Kier molecular flexibility index (Phi) is 5.67. The summed E-state index contributed by atoms with van der Waals surface area (Å²) in [5.74, 6) is 0.216. The summed E-state index contributed by atoms with van der Waals surface area (Å²) in [6.45, 7) is 3.17. The number of nitrogens with zero attached hydrogens (tertiary/aromatic N) is 2. The number of fused-ring (bicyclic) bond motifs is 2. The summed E-state index contributed by atoms with van der Waals surface area (Å²) in [4.78, 5) is 30.9.